The predicted octanol–water partition coefficient (Wildman–Crippen LogP) is 2.35. The lowest BCUT2D eigenvalue weighted by atomic mass is 10.1. The van der Waals surface area contributed by atoms with Gasteiger partial charge >= 0.3 is 0 Å². The number of imidazole rings is 1. The summed E-state index contributed by atoms with van der Waals surface area (Å²) in [6.45, 7) is 1.92. The molecule has 24 heavy (non-hydrogen) atoms. The van der Waals surface area contributed by atoms with Crippen molar-refractivity contribution in [3.05, 3.63) is 63.0 Å². The van der Waals surface area contributed by atoms with Crippen LogP contribution in [0.3, 0.4) is 0 Å². The van der Waals surface area contributed by atoms with Gasteiger partial charge in [0.05, 0.1) is 16.5 Å². The maximum atomic E-state index is 12.2. The van der Waals surface area contributed by atoms with E-state index < -0.39 is 4.92 Å². The summed E-state index contributed by atoms with van der Waals surface area (Å²) in [7, 11) is 3.52. The van der Waals surface area contributed by atoms with E-state index in [0.717, 1.165) is 5.82 Å². The number of nitro groups is 1. The molecule has 0 bridgehead atoms. The number of pyridine rings is 1. The average molecular weight is 327 g/mol. The molecule has 0 spiro atoms. The van der Waals surface area contributed by atoms with Gasteiger partial charge in [0.25, 0.3) is 11.2 Å². The van der Waals surface area contributed by atoms with Gasteiger partial charge in [0.1, 0.15) is 5.82 Å². The van der Waals surface area contributed by atoms with E-state index in [1.54, 1.807) is 19.3 Å². The lowest BCUT2D eigenvalue weighted by Crippen LogP contribution is -2.19. The van der Waals surface area contributed by atoms with Crippen LogP contribution in [0, 0.1) is 10.1 Å². The van der Waals surface area contributed by atoms with E-state index >= 15 is 0 Å². The van der Waals surface area contributed by atoms with Gasteiger partial charge in [-0.2, -0.15) is 0 Å². The van der Waals surface area contributed by atoms with Crippen molar-refractivity contribution in [3.63, 3.8) is 0 Å². The first kappa shape index (κ1) is 15.7. The van der Waals surface area contributed by atoms with E-state index in [1.807, 2.05) is 24.7 Å². The maximum Gasteiger partial charge on any atom is 0.270 e. The highest BCUT2D eigenvalue weighted by molar-refractivity contribution is 5.93. The molecule has 8 heteroatoms. The van der Waals surface area contributed by atoms with E-state index in [9.17, 15) is 14.9 Å². The van der Waals surface area contributed by atoms with Crippen molar-refractivity contribution in [1.82, 2.24) is 14.1 Å². The highest BCUT2D eigenvalue weighted by Gasteiger charge is 2.16. The summed E-state index contributed by atoms with van der Waals surface area (Å²) in [4.78, 5) is 27.1. The maximum absolute atomic E-state index is 12.2. The molecule has 0 amide bonds. The molecule has 2 heterocycles. The SMILES string of the molecule is CC(Nc1cc(=O)n(C)c2ccc([N+](=O)[O-])cc12)c1nccn1C. The number of hydrogen-bond acceptors (Lipinski definition) is 5. The summed E-state index contributed by atoms with van der Waals surface area (Å²) in [5.41, 5.74) is 0.967. The smallest absolute Gasteiger partial charge is 0.270 e. The highest BCUT2D eigenvalue weighted by Crippen LogP contribution is 2.28. The Morgan fingerprint density at radius 3 is 2.67 bits per heavy atom. The molecule has 0 aliphatic carbocycles. The zero-order valence-corrected chi connectivity index (χ0v) is 13.6. The normalized spacial score (nSPS) is 12.3. The summed E-state index contributed by atoms with van der Waals surface area (Å²) >= 11 is 0. The van der Waals surface area contributed by atoms with Gasteiger partial charge in [-0.3, -0.25) is 14.9 Å². The molecule has 0 aliphatic rings. The number of benzene rings is 1. The molecule has 0 radical (unpaired) electrons. The van der Waals surface area contributed by atoms with Crippen LogP contribution in [-0.4, -0.2) is 19.0 Å². The Bertz CT molecular complexity index is 989. The minimum Gasteiger partial charge on any atom is -0.375 e. The number of nitro benzene ring substituents is 1. The number of aryl methyl sites for hydroxylation is 2. The topological polar surface area (TPSA) is 95.0 Å². The van der Waals surface area contributed by atoms with E-state index in [4.69, 9.17) is 0 Å². The molecule has 0 fully saturated rings. The van der Waals surface area contributed by atoms with Gasteiger partial charge in [0, 0.05) is 55.8 Å². The molecule has 0 aliphatic heterocycles. The van der Waals surface area contributed by atoms with Crippen molar-refractivity contribution in [2.75, 3.05) is 5.32 Å². The fraction of sp³-hybridized carbons (Fsp3) is 0.250. The molecule has 8 nitrogen and oxygen atoms in total. The molecule has 0 saturated carbocycles. The third-order valence-electron chi connectivity index (χ3n) is 4.06. The number of fused-ring (bicyclic) bond motifs is 1. The van der Waals surface area contributed by atoms with Gasteiger partial charge in [0.2, 0.25) is 0 Å². The summed E-state index contributed by atoms with van der Waals surface area (Å²) < 4.78 is 3.35. The molecule has 1 atom stereocenters. The first-order valence-electron chi connectivity index (χ1n) is 7.40. The van der Waals surface area contributed by atoms with Crippen LogP contribution in [0.4, 0.5) is 11.4 Å². The number of nitrogens with one attached hydrogen (secondary N) is 1. The molecule has 2 aromatic heterocycles. The summed E-state index contributed by atoms with van der Waals surface area (Å²) in [5.74, 6) is 0.800. The number of anilines is 1. The van der Waals surface area contributed by atoms with Crippen molar-refractivity contribution in [1.29, 1.82) is 0 Å². The van der Waals surface area contributed by atoms with Crippen molar-refractivity contribution < 1.29 is 4.92 Å². The van der Waals surface area contributed by atoms with Gasteiger partial charge in [0.15, 0.2) is 0 Å². The fourth-order valence-corrected chi connectivity index (χ4v) is 2.77. The van der Waals surface area contributed by atoms with Crippen molar-refractivity contribution in [2.45, 2.75) is 13.0 Å². The van der Waals surface area contributed by atoms with Crippen LogP contribution in [0.1, 0.15) is 18.8 Å². The molecule has 124 valence electrons. The molecule has 1 unspecified atom stereocenters. The van der Waals surface area contributed by atoms with Crippen LogP contribution < -0.4 is 10.9 Å². The zero-order valence-electron chi connectivity index (χ0n) is 13.6. The van der Waals surface area contributed by atoms with E-state index in [-0.39, 0.29) is 17.3 Å². The highest BCUT2D eigenvalue weighted by atomic mass is 16.6. The largest absolute Gasteiger partial charge is 0.375 e. The quantitative estimate of drug-likeness (QED) is 0.586. The van der Waals surface area contributed by atoms with Gasteiger partial charge in [-0.25, -0.2) is 4.98 Å². The molecular weight excluding hydrogens is 310 g/mol. The van der Waals surface area contributed by atoms with E-state index in [0.29, 0.717) is 16.6 Å². The van der Waals surface area contributed by atoms with Gasteiger partial charge in [-0.1, -0.05) is 0 Å². The number of non-ortho nitro benzene ring substituents is 1. The third kappa shape index (κ3) is 2.62. The van der Waals surface area contributed by atoms with Crippen LogP contribution in [-0.2, 0) is 14.1 Å². The second-order valence-corrected chi connectivity index (χ2v) is 5.68. The van der Waals surface area contributed by atoms with E-state index in [1.165, 1.54) is 22.8 Å². The first-order chi connectivity index (χ1) is 11.4. The van der Waals surface area contributed by atoms with E-state index in [2.05, 4.69) is 10.3 Å². The average Bonchev–Trinajstić information content (AvgIpc) is 2.98. The summed E-state index contributed by atoms with van der Waals surface area (Å²) in [6, 6.07) is 5.74. The number of nitrogens with zero attached hydrogens (tertiary/aromatic N) is 4. The lowest BCUT2D eigenvalue weighted by Gasteiger charge is -2.17. The lowest BCUT2D eigenvalue weighted by molar-refractivity contribution is -0.384. The molecule has 0 saturated heterocycles. The van der Waals surface area contributed by atoms with Gasteiger partial charge < -0.3 is 14.5 Å². The fourth-order valence-electron chi connectivity index (χ4n) is 2.77. The van der Waals surface area contributed by atoms with Gasteiger partial charge in [-0.05, 0) is 13.0 Å². The Kier molecular flexibility index (Phi) is 3.80. The molecule has 3 rings (SSSR count). The van der Waals surface area contributed by atoms with Crippen molar-refractivity contribution in [2.24, 2.45) is 14.1 Å². The number of rotatable bonds is 4. The van der Waals surface area contributed by atoms with Crippen LogP contribution in [0.25, 0.3) is 10.9 Å². The second kappa shape index (κ2) is 5.80. The Balaban J connectivity index is 2.14. The Morgan fingerprint density at radius 2 is 2.04 bits per heavy atom. The Hall–Kier alpha value is -3.16. The Morgan fingerprint density at radius 1 is 1.29 bits per heavy atom. The van der Waals surface area contributed by atoms with Crippen molar-refractivity contribution >= 4 is 22.3 Å². The van der Waals surface area contributed by atoms with Crippen LogP contribution in [0.5, 0.6) is 0 Å². The molecule has 3 aromatic rings. The number of aromatic nitrogens is 3. The zero-order chi connectivity index (χ0) is 17.4. The standard InChI is InChI=1S/C16H17N5O3/c1-10(16-17-6-7-19(16)2)18-13-9-15(22)20(3)14-5-4-11(21(23)24)8-12(13)14/h4-10,18H,1-3H3. The minimum atomic E-state index is -0.448. The number of hydrogen-bond donors (Lipinski definition) is 1. The van der Waals surface area contributed by atoms with Crippen molar-refractivity contribution in [3.8, 4) is 0 Å². The van der Waals surface area contributed by atoms with Crippen LogP contribution in [0.2, 0.25) is 0 Å². The molecule has 1 N–H and O–H groups in total. The summed E-state index contributed by atoms with van der Waals surface area (Å²) in [6.07, 6.45) is 3.53. The third-order valence-corrected chi connectivity index (χ3v) is 4.06. The van der Waals surface area contributed by atoms with Gasteiger partial charge in [-0.15, -0.1) is 0 Å². The van der Waals surface area contributed by atoms with Crippen LogP contribution in [0.15, 0.2) is 41.5 Å². The molecule has 1 aromatic carbocycles. The van der Waals surface area contributed by atoms with Crippen LogP contribution >= 0.6 is 0 Å². The molecular formula is C16H17N5O3. The predicted molar refractivity (Wildman–Crippen MR) is 91.1 cm³/mol. The Labute approximate surface area is 137 Å². The minimum absolute atomic E-state index is 0.0196. The summed E-state index contributed by atoms with van der Waals surface area (Å²) in [5, 5.41) is 14.9. The second-order valence-electron chi connectivity index (χ2n) is 5.68. The monoisotopic (exact) mass is 327 g/mol. The first-order valence-corrected chi connectivity index (χ1v) is 7.40.